The number of carbonyl (C=O) groups is 3. The first kappa shape index (κ1) is 32.8. The maximum atomic E-state index is 14.1. The van der Waals surface area contributed by atoms with Gasteiger partial charge in [-0.25, -0.2) is 4.79 Å². The van der Waals surface area contributed by atoms with Crippen molar-refractivity contribution in [2.75, 3.05) is 20.3 Å². The molecule has 1 aliphatic rings. The lowest BCUT2D eigenvalue weighted by Gasteiger charge is -2.30. The predicted octanol–water partition coefficient (Wildman–Crippen LogP) is 5.85. The lowest BCUT2D eigenvalue weighted by Crippen LogP contribution is -2.50. The molecule has 2 N–H and O–H groups in total. The molecular formula is C39H42N2O5. The van der Waals surface area contributed by atoms with Gasteiger partial charge in [-0.15, -0.1) is 0 Å². The molecule has 4 aromatic rings. The fourth-order valence-electron chi connectivity index (χ4n) is 6.12. The van der Waals surface area contributed by atoms with Gasteiger partial charge in [-0.05, 0) is 47.1 Å². The van der Waals surface area contributed by atoms with Crippen LogP contribution in [0.3, 0.4) is 0 Å². The monoisotopic (exact) mass is 618 g/mol. The fourth-order valence-corrected chi connectivity index (χ4v) is 6.12. The van der Waals surface area contributed by atoms with Gasteiger partial charge in [0.2, 0.25) is 0 Å². The second-order valence-electron chi connectivity index (χ2n) is 11.7. The van der Waals surface area contributed by atoms with E-state index in [2.05, 4.69) is 10.6 Å². The first-order valence-electron chi connectivity index (χ1n) is 16.0. The van der Waals surface area contributed by atoms with Gasteiger partial charge in [0, 0.05) is 25.3 Å². The van der Waals surface area contributed by atoms with E-state index in [1.165, 1.54) is 7.11 Å². The average molecular weight is 619 g/mol. The number of ether oxygens (including phenoxy) is 2. The summed E-state index contributed by atoms with van der Waals surface area (Å²) in [4.78, 5) is 39.4. The summed E-state index contributed by atoms with van der Waals surface area (Å²) in [5.74, 6) is -0.334. The first-order chi connectivity index (χ1) is 22.5. The number of alkyl carbamates (subject to hydrolysis) is 1. The summed E-state index contributed by atoms with van der Waals surface area (Å²) in [6.07, 6.45) is 2.16. The molecule has 0 aliphatic carbocycles. The van der Waals surface area contributed by atoms with Crippen LogP contribution in [0, 0.1) is 0 Å². The van der Waals surface area contributed by atoms with Crippen molar-refractivity contribution in [1.82, 2.24) is 10.6 Å². The third kappa shape index (κ3) is 8.99. The molecule has 0 spiro atoms. The van der Waals surface area contributed by atoms with E-state index in [1.807, 2.05) is 115 Å². The maximum absolute atomic E-state index is 14.1. The summed E-state index contributed by atoms with van der Waals surface area (Å²) in [7, 11) is 1.30. The highest BCUT2D eigenvalue weighted by Crippen LogP contribution is 2.30. The number of Topliss-reactive ketones (excluding diaryl/α,β-unsaturated/α-hetero) is 2. The molecule has 0 bridgehead atoms. The second-order valence-corrected chi connectivity index (χ2v) is 11.7. The summed E-state index contributed by atoms with van der Waals surface area (Å²) in [5.41, 5.74) is 4.99. The zero-order valence-corrected chi connectivity index (χ0v) is 26.3. The molecule has 1 aliphatic heterocycles. The Hall–Kier alpha value is -4.59. The van der Waals surface area contributed by atoms with Crippen LogP contribution in [0.15, 0.2) is 115 Å². The van der Waals surface area contributed by atoms with E-state index < -0.39 is 18.1 Å². The molecule has 7 nitrogen and oxygen atoms in total. The molecule has 7 heteroatoms. The van der Waals surface area contributed by atoms with E-state index in [1.54, 1.807) is 0 Å². The van der Waals surface area contributed by atoms with Crippen molar-refractivity contribution in [1.29, 1.82) is 0 Å². The van der Waals surface area contributed by atoms with Gasteiger partial charge in [-0.3, -0.25) is 9.59 Å². The van der Waals surface area contributed by atoms with Crippen molar-refractivity contribution in [3.63, 3.8) is 0 Å². The quantitative estimate of drug-likeness (QED) is 0.184. The maximum Gasteiger partial charge on any atom is 0.407 e. The SMILES string of the molecule is COC(=O)N[C@H](C(=O)Cc1ccccc1CC[C@@H]1CN[C@H](C(=O)CCc2ccccc2)CO1)C(c1ccccc1)c1ccccc1. The summed E-state index contributed by atoms with van der Waals surface area (Å²) in [6, 6.07) is 36.4. The highest BCUT2D eigenvalue weighted by Gasteiger charge is 2.33. The Morgan fingerprint density at radius 2 is 1.39 bits per heavy atom. The second kappa shape index (κ2) is 16.6. The van der Waals surface area contributed by atoms with Crippen LogP contribution in [0.5, 0.6) is 0 Å². The van der Waals surface area contributed by atoms with Crippen LogP contribution in [0.4, 0.5) is 4.79 Å². The Morgan fingerprint density at radius 1 is 0.804 bits per heavy atom. The number of benzene rings is 4. The minimum absolute atomic E-state index is 0.0313. The van der Waals surface area contributed by atoms with E-state index in [9.17, 15) is 14.4 Å². The number of methoxy groups -OCH3 is 1. The van der Waals surface area contributed by atoms with E-state index in [0.717, 1.165) is 47.1 Å². The zero-order valence-electron chi connectivity index (χ0n) is 26.3. The normalized spacial score (nSPS) is 16.8. The van der Waals surface area contributed by atoms with E-state index in [0.29, 0.717) is 19.6 Å². The van der Waals surface area contributed by atoms with Crippen molar-refractivity contribution >= 4 is 17.7 Å². The largest absolute Gasteiger partial charge is 0.453 e. The molecule has 1 heterocycles. The third-order valence-corrected chi connectivity index (χ3v) is 8.66. The molecular weight excluding hydrogens is 576 g/mol. The topological polar surface area (TPSA) is 93.7 Å². The smallest absolute Gasteiger partial charge is 0.407 e. The van der Waals surface area contributed by atoms with Crippen LogP contribution in [0.1, 0.15) is 46.6 Å². The molecule has 3 atom stereocenters. The molecule has 1 amide bonds. The van der Waals surface area contributed by atoms with Crippen LogP contribution in [-0.4, -0.2) is 56.1 Å². The van der Waals surface area contributed by atoms with Gasteiger partial charge in [0.15, 0.2) is 11.6 Å². The minimum Gasteiger partial charge on any atom is -0.453 e. The molecule has 4 aromatic carbocycles. The number of morpholine rings is 1. The number of hydrogen-bond acceptors (Lipinski definition) is 6. The van der Waals surface area contributed by atoms with E-state index in [-0.39, 0.29) is 30.1 Å². The molecule has 1 fully saturated rings. The number of ketones is 2. The Bertz CT molecular complexity index is 1510. The fraction of sp³-hybridized carbons (Fsp3) is 0.308. The van der Waals surface area contributed by atoms with Crippen molar-refractivity contribution in [3.05, 3.63) is 143 Å². The lowest BCUT2D eigenvalue weighted by molar-refractivity contribution is -0.125. The van der Waals surface area contributed by atoms with Crippen LogP contribution >= 0.6 is 0 Å². The lowest BCUT2D eigenvalue weighted by atomic mass is 9.81. The van der Waals surface area contributed by atoms with Gasteiger partial charge < -0.3 is 20.1 Å². The van der Waals surface area contributed by atoms with Gasteiger partial charge in [0.25, 0.3) is 0 Å². The highest BCUT2D eigenvalue weighted by atomic mass is 16.5. The Morgan fingerprint density at radius 3 is 1.98 bits per heavy atom. The molecule has 0 unspecified atom stereocenters. The van der Waals surface area contributed by atoms with Crippen molar-refractivity contribution in [2.45, 2.75) is 56.2 Å². The van der Waals surface area contributed by atoms with E-state index >= 15 is 0 Å². The summed E-state index contributed by atoms with van der Waals surface area (Å²) < 4.78 is 11.1. The number of amides is 1. The number of aryl methyl sites for hydroxylation is 2. The molecule has 0 radical (unpaired) electrons. The molecule has 1 saturated heterocycles. The van der Waals surface area contributed by atoms with Gasteiger partial charge in [-0.1, -0.05) is 115 Å². The summed E-state index contributed by atoms with van der Waals surface area (Å²) in [5, 5.41) is 6.24. The molecule has 0 saturated carbocycles. The van der Waals surface area contributed by atoms with Crippen LogP contribution in [0.25, 0.3) is 0 Å². The van der Waals surface area contributed by atoms with Crippen molar-refractivity contribution < 1.29 is 23.9 Å². The molecule has 238 valence electrons. The Labute approximate surface area is 271 Å². The standard InChI is InChI=1S/C39H42N2O5/c1-45-39(44)41-38(37(30-16-7-3-8-17-30)31-18-9-4-10-19-31)36(43)25-32-20-12-11-15-29(32)22-23-33-26-40-34(27-46-33)35(42)24-21-28-13-5-2-6-14-28/h2-20,33-34,37-38,40H,21-27H2,1H3,(H,41,44)/t33-,34+,38-/m1/s1. The Balaban J connectivity index is 1.22. The predicted molar refractivity (Wildman–Crippen MR) is 179 cm³/mol. The highest BCUT2D eigenvalue weighted by molar-refractivity contribution is 5.91. The van der Waals surface area contributed by atoms with Gasteiger partial charge >= 0.3 is 6.09 Å². The van der Waals surface area contributed by atoms with Crippen LogP contribution in [-0.2, 0) is 38.3 Å². The number of carbonyl (C=O) groups excluding carboxylic acids is 3. The number of hydrogen-bond donors (Lipinski definition) is 2. The average Bonchev–Trinajstić information content (AvgIpc) is 3.11. The molecule has 5 rings (SSSR count). The zero-order chi connectivity index (χ0) is 32.1. The van der Waals surface area contributed by atoms with Crippen LogP contribution in [0.2, 0.25) is 0 Å². The summed E-state index contributed by atoms with van der Waals surface area (Å²) in [6.45, 7) is 0.962. The first-order valence-corrected chi connectivity index (χ1v) is 16.0. The van der Waals surface area contributed by atoms with Gasteiger partial charge in [-0.2, -0.15) is 0 Å². The van der Waals surface area contributed by atoms with Crippen molar-refractivity contribution in [3.8, 4) is 0 Å². The minimum atomic E-state index is -0.840. The molecule has 0 aromatic heterocycles. The number of rotatable bonds is 14. The summed E-state index contributed by atoms with van der Waals surface area (Å²) >= 11 is 0. The molecule has 46 heavy (non-hydrogen) atoms. The van der Waals surface area contributed by atoms with Gasteiger partial charge in [0.05, 0.1) is 25.9 Å². The van der Waals surface area contributed by atoms with Crippen LogP contribution < -0.4 is 10.6 Å². The number of nitrogens with one attached hydrogen (secondary N) is 2. The van der Waals surface area contributed by atoms with Gasteiger partial charge in [0.1, 0.15) is 6.04 Å². The van der Waals surface area contributed by atoms with E-state index in [4.69, 9.17) is 9.47 Å². The Kier molecular flexibility index (Phi) is 11.9. The van der Waals surface area contributed by atoms with Crippen molar-refractivity contribution in [2.24, 2.45) is 0 Å². The third-order valence-electron chi connectivity index (χ3n) is 8.66.